The first kappa shape index (κ1) is 17.0. The Bertz CT molecular complexity index is 797. The number of benzene rings is 1. The number of hydrogen-bond acceptors (Lipinski definition) is 4. The fraction of sp³-hybridized carbons (Fsp3) is 0.471. The van der Waals surface area contributed by atoms with Gasteiger partial charge in [-0.15, -0.1) is 0 Å². The molecule has 1 amide bonds. The third-order valence-corrected chi connectivity index (χ3v) is 5.20. The molecule has 5 rings (SSSR count). The van der Waals surface area contributed by atoms with Gasteiger partial charge in [-0.1, -0.05) is 0 Å². The summed E-state index contributed by atoms with van der Waals surface area (Å²) in [6.45, 7) is 0.916. The first-order chi connectivity index (χ1) is 12.4. The number of piperidine rings is 2. The third kappa shape index (κ3) is 3.18. The molecule has 3 aliphatic rings. The molecule has 3 heterocycles. The molecule has 2 saturated heterocycles. The van der Waals surface area contributed by atoms with Crippen LogP contribution in [0.3, 0.4) is 0 Å². The van der Waals surface area contributed by atoms with Crippen molar-refractivity contribution in [2.24, 2.45) is 11.8 Å². The second kappa shape index (κ2) is 6.39. The van der Waals surface area contributed by atoms with Crippen LogP contribution in [-0.2, 0) is 11.0 Å². The van der Waals surface area contributed by atoms with Gasteiger partial charge in [0.05, 0.1) is 17.2 Å². The molecule has 138 valence electrons. The number of halogens is 3. The Morgan fingerprint density at radius 1 is 1.31 bits per heavy atom. The van der Waals surface area contributed by atoms with Crippen LogP contribution in [0, 0.1) is 11.8 Å². The van der Waals surface area contributed by atoms with E-state index in [4.69, 9.17) is 0 Å². The first-order valence-corrected chi connectivity index (χ1v) is 8.52. The molecule has 3 atom stereocenters. The Kier molecular flexibility index (Phi) is 4.18. The van der Waals surface area contributed by atoms with E-state index in [0.29, 0.717) is 5.92 Å². The lowest BCUT2D eigenvalue weighted by Gasteiger charge is -2.42. The Balaban J connectivity index is 1.58. The molecular formula is C17H18F3N5O. The van der Waals surface area contributed by atoms with Crippen LogP contribution in [0.4, 0.5) is 18.9 Å². The molecule has 6 nitrogen and oxygen atoms in total. The number of fused-ring (bicyclic) bond motifs is 3. The average molecular weight is 365 g/mol. The standard InChI is InChI=1S/C17H18F3N5O/c18-17(19,20)13-6-11(2-4-15(13)25-9-21-8-23-25)24-16(26)12-5-10-1-3-14(12)22-7-10/h2,4,6,8-10,12,14,22H,1,3,5,7H2,(H,24,26). The molecule has 1 aliphatic carbocycles. The van der Waals surface area contributed by atoms with E-state index in [1.807, 2.05) is 0 Å². The molecule has 3 unspecified atom stereocenters. The highest BCUT2D eigenvalue weighted by atomic mass is 19.4. The van der Waals surface area contributed by atoms with Gasteiger partial charge in [0.1, 0.15) is 12.7 Å². The highest BCUT2D eigenvalue weighted by Crippen LogP contribution is 2.37. The number of carbonyl (C=O) groups excluding carboxylic acids is 1. The molecule has 0 spiro atoms. The molecular weight excluding hydrogens is 347 g/mol. The van der Waals surface area contributed by atoms with Crippen LogP contribution in [0.1, 0.15) is 24.8 Å². The van der Waals surface area contributed by atoms with Crippen LogP contribution in [0.15, 0.2) is 30.9 Å². The molecule has 2 aliphatic heterocycles. The zero-order valence-electron chi connectivity index (χ0n) is 13.8. The Labute approximate surface area is 147 Å². The van der Waals surface area contributed by atoms with Gasteiger partial charge in [0.2, 0.25) is 5.91 Å². The van der Waals surface area contributed by atoms with Gasteiger partial charge in [-0.25, -0.2) is 9.67 Å². The van der Waals surface area contributed by atoms with Crippen molar-refractivity contribution in [3.05, 3.63) is 36.4 Å². The normalized spacial score (nSPS) is 25.3. The maximum Gasteiger partial charge on any atom is 0.418 e. The maximum atomic E-state index is 13.5. The van der Waals surface area contributed by atoms with Crippen molar-refractivity contribution >= 4 is 11.6 Å². The minimum atomic E-state index is -4.58. The number of alkyl halides is 3. The summed E-state index contributed by atoms with van der Waals surface area (Å²) >= 11 is 0. The van der Waals surface area contributed by atoms with Crippen molar-refractivity contribution in [3.8, 4) is 5.69 Å². The lowest BCUT2D eigenvalue weighted by molar-refractivity contribution is -0.137. The fourth-order valence-corrected chi connectivity index (χ4v) is 3.90. The number of hydrogen-bond donors (Lipinski definition) is 2. The van der Waals surface area contributed by atoms with Gasteiger partial charge in [-0.05, 0) is 49.9 Å². The SMILES string of the molecule is O=C(Nc1ccc(-n2cncn2)c(C(F)(F)F)c1)C1CC2CCC1NC2. The van der Waals surface area contributed by atoms with Crippen LogP contribution in [0.2, 0.25) is 0 Å². The summed E-state index contributed by atoms with van der Waals surface area (Å²) in [6.07, 6.45) is 0.614. The summed E-state index contributed by atoms with van der Waals surface area (Å²) in [5.74, 6) is 0.0385. The van der Waals surface area contributed by atoms with Gasteiger partial charge in [0, 0.05) is 11.7 Å². The summed E-state index contributed by atoms with van der Waals surface area (Å²) < 4.78 is 41.4. The highest BCUT2D eigenvalue weighted by Gasteiger charge is 2.39. The molecule has 0 radical (unpaired) electrons. The number of carbonyl (C=O) groups is 1. The number of anilines is 1. The Hall–Kier alpha value is -2.42. The van der Waals surface area contributed by atoms with Crippen LogP contribution in [-0.4, -0.2) is 33.3 Å². The maximum absolute atomic E-state index is 13.5. The number of rotatable bonds is 3. The molecule has 1 aromatic heterocycles. The van der Waals surface area contributed by atoms with Crippen molar-refractivity contribution in [1.29, 1.82) is 0 Å². The van der Waals surface area contributed by atoms with Gasteiger partial charge in [-0.3, -0.25) is 4.79 Å². The van der Waals surface area contributed by atoms with E-state index in [1.54, 1.807) is 0 Å². The van der Waals surface area contributed by atoms with Crippen LogP contribution in [0.25, 0.3) is 5.69 Å². The summed E-state index contributed by atoms with van der Waals surface area (Å²) in [7, 11) is 0. The zero-order chi connectivity index (χ0) is 18.3. The predicted molar refractivity (Wildman–Crippen MR) is 87.6 cm³/mol. The van der Waals surface area contributed by atoms with Crippen LogP contribution < -0.4 is 10.6 Å². The summed E-state index contributed by atoms with van der Waals surface area (Å²) in [6, 6.07) is 3.80. The Morgan fingerprint density at radius 3 is 2.73 bits per heavy atom. The predicted octanol–water partition coefficient (Wildman–Crippen LogP) is 2.61. The van der Waals surface area contributed by atoms with Crippen molar-refractivity contribution in [1.82, 2.24) is 20.1 Å². The molecule has 2 N–H and O–H groups in total. The minimum absolute atomic E-state index is 0.108. The molecule has 2 aromatic rings. The molecule has 1 aromatic carbocycles. The zero-order valence-corrected chi connectivity index (χ0v) is 13.8. The van der Waals surface area contributed by atoms with Gasteiger partial charge in [-0.2, -0.15) is 18.3 Å². The number of amides is 1. The van der Waals surface area contributed by atoms with E-state index >= 15 is 0 Å². The quantitative estimate of drug-likeness (QED) is 0.877. The number of aromatic nitrogens is 3. The number of nitrogens with one attached hydrogen (secondary N) is 2. The molecule has 3 fully saturated rings. The molecule has 9 heteroatoms. The van der Waals surface area contributed by atoms with E-state index in [9.17, 15) is 18.0 Å². The molecule has 1 saturated carbocycles. The van der Waals surface area contributed by atoms with Crippen molar-refractivity contribution < 1.29 is 18.0 Å². The van der Waals surface area contributed by atoms with Crippen molar-refractivity contribution in [3.63, 3.8) is 0 Å². The van der Waals surface area contributed by atoms with Crippen LogP contribution in [0.5, 0.6) is 0 Å². The van der Waals surface area contributed by atoms with Gasteiger partial charge >= 0.3 is 6.18 Å². The van der Waals surface area contributed by atoms with Crippen molar-refractivity contribution in [2.75, 3.05) is 11.9 Å². The monoisotopic (exact) mass is 365 g/mol. The van der Waals surface area contributed by atoms with E-state index in [-0.39, 0.29) is 29.2 Å². The summed E-state index contributed by atoms with van der Waals surface area (Å²) in [5, 5.41) is 9.76. The van der Waals surface area contributed by atoms with Gasteiger partial charge in [0.25, 0.3) is 0 Å². The lowest BCUT2D eigenvalue weighted by atomic mass is 9.73. The number of nitrogens with zero attached hydrogens (tertiary/aromatic N) is 3. The summed E-state index contributed by atoms with van der Waals surface area (Å²) in [4.78, 5) is 16.3. The van der Waals surface area contributed by atoms with E-state index in [0.717, 1.165) is 36.6 Å². The second-order valence-electron chi connectivity index (χ2n) is 6.86. The minimum Gasteiger partial charge on any atom is -0.326 e. The Morgan fingerprint density at radius 2 is 2.15 bits per heavy atom. The molecule has 26 heavy (non-hydrogen) atoms. The van der Waals surface area contributed by atoms with E-state index in [2.05, 4.69) is 20.7 Å². The fourth-order valence-electron chi connectivity index (χ4n) is 3.90. The van der Waals surface area contributed by atoms with Crippen LogP contribution >= 0.6 is 0 Å². The largest absolute Gasteiger partial charge is 0.418 e. The van der Waals surface area contributed by atoms with Crippen molar-refractivity contribution in [2.45, 2.75) is 31.5 Å². The van der Waals surface area contributed by atoms with Gasteiger partial charge in [0.15, 0.2) is 0 Å². The highest BCUT2D eigenvalue weighted by molar-refractivity contribution is 5.93. The first-order valence-electron chi connectivity index (χ1n) is 8.52. The van der Waals surface area contributed by atoms with E-state index < -0.39 is 11.7 Å². The average Bonchev–Trinajstić information content (AvgIpc) is 3.16. The smallest absolute Gasteiger partial charge is 0.326 e. The molecule has 2 bridgehead atoms. The third-order valence-electron chi connectivity index (χ3n) is 5.20. The van der Waals surface area contributed by atoms with E-state index in [1.165, 1.54) is 24.8 Å². The topological polar surface area (TPSA) is 71.8 Å². The summed E-state index contributed by atoms with van der Waals surface area (Å²) in [5.41, 5.74) is -0.872. The lowest BCUT2D eigenvalue weighted by Crippen LogP contribution is -2.53. The van der Waals surface area contributed by atoms with Gasteiger partial charge < -0.3 is 10.6 Å². The second-order valence-corrected chi connectivity index (χ2v) is 6.86.